The van der Waals surface area contributed by atoms with E-state index < -0.39 is 0 Å². The van der Waals surface area contributed by atoms with Crippen molar-refractivity contribution in [2.75, 3.05) is 26.1 Å². The number of methoxy groups -OCH3 is 2. The van der Waals surface area contributed by atoms with E-state index in [0.717, 1.165) is 35.9 Å². The van der Waals surface area contributed by atoms with Crippen LogP contribution in [-0.4, -0.2) is 38.7 Å². The van der Waals surface area contributed by atoms with E-state index in [9.17, 15) is 9.59 Å². The van der Waals surface area contributed by atoms with E-state index in [1.165, 1.54) is 16.7 Å². The molecule has 40 heavy (non-hydrogen) atoms. The van der Waals surface area contributed by atoms with Crippen LogP contribution in [0.15, 0.2) is 77.2 Å². The van der Waals surface area contributed by atoms with Gasteiger partial charge < -0.3 is 14.8 Å². The van der Waals surface area contributed by atoms with Gasteiger partial charge in [-0.1, -0.05) is 63.3 Å². The van der Waals surface area contributed by atoms with E-state index in [1.807, 2.05) is 18.2 Å². The summed E-state index contributed by atoms with van der Waals surface area (Å²) in [6.07, 6.45) is 10.6. The minimum atomic E-state index is -0.353. The number of nitrogens with one attached hydrogen (secondary N) is 1. The van der Waals surface area contributed by atoms with Gasteiger partial charge in [0.1, 0.15) is 11.5 Å². The molecule has 0 radical (unpaired) electrons. The van der Waals surface area contributed by atoms with Crippen LogP contribution >= 0.6 is 0 Å². The number of ether oxygens (including phenoxy) is 2. The smallest absolute Gasteiger partial charge is 0.270 e. The summed E-state index contributed by atoms with van der Waals surface area (Å²) < 4.78 is 10.9. The number of amides is 1. The summed E-state index contributed by atoms with van der Waals surface area (Å²) in [6, 6.07) is 12.6. The fourth-order valence-corrected chi connectivity index (χ4v) is 6.70. The fraction of sp³-hybridized carbons (Fsp3) is 0.382. The van der Waals surface area contributed by atoms with Gasteiger partial charge in [0, 0.05) is 35.7 Å². The highest BCUT2D eigenvalue weighted by molar-refractivity contribution is 6.44. The molecule has 2 aliphatic carbocycles. The first-order chi connectivity index (χ1) is 19.2. The monoisotopic (exact) mass is 538 g/mol. The molecule has 5 rings (SSSR count). The van der Waals surface area contributed by atoms with Gasteiger partial charge in [0.25, 0.3) is 5.91 Å². The Kier molecular flexibility index (Phi) is 7.40. The number of rotatable bonds is 8. The topological polar surface area (TPSA) is 77.0 Å². The molecule has 1 N–H and O–H groups in total. The number of carbonyl (C=O) groups is 2. The van der Waals surface area contributed by atoms with E-state index >= 15 is 0 Å². The third-order valence-electron chi connectivity index (χ3n) is 9.39. The largest absolute Gasteiger partial charge is 0.496 e. The fourth-order valence-electron chi connectivity index (χ4n) is 6.70. The Bertz CT molecular complexity index is 1480. The van der Waals surface area contributed by atoms with Gasteiger partial charge in [-0.3, -0.25) is 14.6 Å². The molecule has 2 aromatic carbocycles. The molecule has 2 aromatic rings. The van der Waals surface area contributed by atoms with Crippen LogP contribution in [0.25, 0.3) is 11.1 Å². The zero-order valence-corrected chi connectivity index (χ0v) is 24.2. The summed E-state index contributed by atoms with van der Waals surface area (Å²) >= 11 is 0. The number of carbonyl (C=O) groups excluding carboxylic acids is 2. The van der Waals surface area contributed by atoms with Crippen molar-refractivity contribution < 1.29 is 19.1 Å². The number of aliphatic imine (C=N–C) groups is 1. The molecular weight excluding hydrogens is 500 g/mol. The molecule has 1 heterocycles. The van der Waals surface area contributed by atoms with Gasteiger partial charge in [0.15, 0.2) is 6.29 Å². The van der Waals surface area contributed by atoms with E-state index in [2.05, 4.69) is 74.4 Å². The highest BCUT2D eigenvalue weighted by atomic mass is 16.5. The molecule has 1 aliphatic heterocycles. The molecule has 6 nitrogen and oxygen atoms in total. The average Bonchev–Trinajstić information content (AvgIpc) is 3.49. The Morgan fingerprint density at radius 2 is 1.88 bits per heavy atom. The third-order valence-corrected chi connectivity index (χ3v) is 9.39. The lowest BCUT2D eigenvalue weighted by Gasteiger charge is -2.40. The number of anilines is 1. The summed E-state index contributed by atoms with van der Waals surface area (Å²) in [7, 11) is 3.26. The van der Waals surface area contributed by atoms with Crippen LogP contribution in [-0.2, 0) is 30.9 Å². The van der Waals surface area contributed by atoms with Gasteiger partial charge in [-0.25, -0.2) is 0 Å². The van der Waals surface area contributed by atoms with Gasteiger partial charge >= 0.3 is 0 Å². The number of fused-ring (bicyclic) bond motifs is 1. The van der Waals surface area contributed by atoms with Gasteiger partial charge in [0.05, 0.1) is 19.3 Å². The number of nitrogens with zero attached hydrogens (tertiary/aromatic N) is 1. The molecule has 4 atom stereocenters. The SMILES string of the molecule is COC[C@@H]1C(C(=O)Nc2cccc(-c3cccc4c3CC[C@]4(C)C3(C)C=C(C=O)C(OC)=C3)c2C)=NC=CC1C. The van der Waals surface area contributed by atoms with Crippen molar-refractivity contribution in [3.05, 3.63) is 88.8 Å². The Hall–Kier alpha value is -3.77. The van der Waals surface area contributed by atoms with Crippen molar-refractivity contribution in [3.63, 3.8) is 0 Å². The van der Waals surface area contributed by atoms with Crippen LogP contribution in [0, 0.1) is 24.2 Å². The molecule has 0 fully saturated rings. The number of aldehydes is 1. The molecule has 0 spiro atoms. The van der Waals surface area contributed by atoms with Crippen molar-refractivity contribution in [1.29, 1.82) is 0 Å². The summed E-state index contributed by atoms with van der Waals surface area (Å²) in [5, 5.41) is 3.13. The minimum absolute atomic E-state index is 0.0908. The van der Waals surface area contributed by atoms with Crippen LogP contribution in [0.5, 0.6) is 0 Å². The zero-order valence-electron chi connectivity index (χ0n) is 24.2. The second-order valence-corrected chi connectivity index (χ2v) is 11.6. The van der Waals surface area contributed by atoms with Crippen molar-refractivity contribution >= 4 is 23.6 Å². The first-order valence-electron chi connectivity index (χ1n) is 13.9. The zero-order chi connectivity index (χ0) is 28.7. The van der Waals surface area contributed by atoms with E-state index in [-0.39, 0.29) is 28.6 Å². The summed E-state index contributed by atoms with van der Waals surface area (Å²) in [6.45, 7) is 9.05. The number of hydrogen-bond donors (Lipinski definition) is 1. The summed E-state index contributed by atoms with van der Waals surface area (Å²) in [4.78, 5) is 29.5. The average molecular weight is 539 g/mol. The highest BCUT2D eigenvalue weighted by Crippen LogP contribution is 2.56. The van der Waals surface area contributed by atoms with E-state index in [4.69, 9.17) is 9.47 Å². The normalized spacial score (nSPS) is 27.0. The molecule has 2 unspecified atom stereocenters. The van der Waals surface area contributed by atoms with Crippen molar-refractivity contribution in [1.82, 2.24) is 0 Å². The Labute approximate surface area is 236 Å². The van der Waals surface area contributed by atoms with E-state index in [1.54, 1.807) is 20.4 Å². The van der Waals surface area contributed by atoms with Crippen LogP contribution in [0.3, 0.4) is 0 Å². The Balaban J connectivity index is 1.49. The van der Waals surface area contributed by atoms with Gasteiger partial charge in [-0.15, -0.1) is 0 Å². The minimum Gasteiger partial charge on any atom is -0.496 e. The van der Waals surface area contributed by atoms with Crippen LogP contribution in [0.4, 0.5) is 5.69 Å². The summed E-state index contributed by atoms with van der Waals surface area (Å²) in [5.74, 6) is 0.521. The van der Waals surface area contributed by atoms with Gasteiger partial charge in [-0.05, 0) is 65.6 Å². The summed E-state index contributed by atoms with van der Waals surface area (Å²) in [5.41, 5.74) is 7.21. The maximum Gasteiger partial charge on any atom is 0.270 e. The molecule has 3 aliphatic rings. The predicted octanol–water partition coefficient (Wildman–Crippen LogP) is 6.35. The third kappa shape index (κ3) is 4.44. The molecule has 0 aromatic heterocycles. The molecule has 0 saturated heterocycles. The second kappa shape index (κ2) is 10.7. The maximum atomic E-state index is 13.4. The lowest BCUT2D eigenvalue weighted by molar-refractivity contribution is -0.110. The first-order valence-corrected chi connectivity index (χ1v) is 13.9. The highest BCUT2D eigenvalue weighted by Gasteiger charge is 2.50. The molecule has 0 saturated carbocycles. The molecule has 0 bridgehead atoms. The lowest BCUT2D eigenvalue weighted by Crippen LogP contribution is -2.36. The van der Waals surface area contributed by atoms with Crippen molar-refractivity contribution in [2.45, 2.75) is 46.0 Å². The number of benzene rings is 2. The molecule has 1 amide bonds. The predicted molar refractivity (Wildman–Crippen MR) is 159 cm³/mol. The number of hydrogen-bond acceptors (Lipinski definition) is 5. The maximum absolute atomic E-state index is 13.4. The Morgan fingerprint density at radius 3 is 2.58 bits per heavy atom. The van der Waals surface area contributed by atoms with Crippen LogP contribution < -0.4 is 5.32 Å². The quantitative estimate of drug-likeness (QED) is 0.398. The number of allylic oxidation sites excluding steroid dienone is 4. The first kappa shape index (κ1) is 27.8. The molecular formula is C34H38N2O4. The second-order valence-electron chi connectivity index (χ2n) is 11.6. The molecule has 208 valence electrons. The van der Waals surface area contributed by atoms with Crippen LogP contribution in [0.2, 0.25) is 0 Å². The van der Waals surface area contributed by atoms with Gasteiger partial charge in [-0.2, -0.15) is 0 Å². The lowest BCUT2D eigenvalue weighted by atomic mass is 9.63. The van der Waals surface area contributed by atoms with Gasteiger partial charge in [0.2, 0.25) is 0 Å². The van der Waals surface area contributed by atoms with Crippen molar-refractivity contribution in [2.24, 2.45) is 22.2 Å². The van der Waals surface area contributed by atoms with Crippen LogP contribution in [0.1, 0.15) is 43.9 Å². The van der Waals surface area contributed by atoms with E-state index in [0.29, 0.717) is 23.7 Å². The molecule has 6 heteroatoms. The standard InChI is InChI=1S/C34H38N2O4/c1-21-14-16-35-31(27(21)20-39-5)32(38)36-29-12-8-9-24(22(29)2)25-10-7-11-28-26(25)13-15-34(28,4)33(3)17-23(19-37)30(18-33)40-6/h7-12,14,16-19,21,27H,13,15,20H2,1-6H3,(H,36,38)/t21?,27-,33?,34-/m0/s1. The Morgan fingerprint density at radius 1 is 1.12 bits per heavy atom. The van der Waals surface area contributed by atoms with Crippen molar-refractivity contribution in [3.8, 4) is 11.1 Å².